The van der Waals surface area contributed by atoms with Gasteiger partial charge in [-0.15, -0.1) is 5.10 Å². The molecule has 152 valence electrons. The average Bonchev–Trinajstić information content (AvgIpc) is 3.19. The van der Waals surface area contributed by atoms with Gasteiger partial charge < -0.3 is 19.9 Å². The number of anilines is 1. The summed E-state index contributed by atoms with van der Waals surface area (Å²) in [6, 6.07) is 10.4. The number of hydrogen-bond donors (Lipinski definition) is 2. The van der Waals surface area contributed by atoms with Gasteiger partial charge >= 0.3 is 0 Å². The van der Waals surface area contributed by atoms with E-state index in [2.05, 4.69) is 15.4 Å². The first kappa shape index (κ1) is 20.6. The SMILES string of the molecule is COc1ccc([C@@H](O)Cn2cnc(C(=O)Nc3cc(C)c(Cl)cc3OC)n2)cc1. The highest BCUT2D eigenvalue weighted by Gasteiger charge is 2.17. The van der Waals surface area contributed by atoms with Gasteiger partial charge in [-0.25, -0.2) is 9.67 Å². The number of benzene rings is 2. The fraction of sp³-hybridized carbons (Fsp3) is 0.250. The van der Waals surface area contributed by atoms with Crippen molar-refractivity contribution >= 4 is 23.2 Å². The van der Waals surface area contributed by atoms with Gasteiger partial charge in [0.15, 0.2) is 0 Å². The summed E-state index contributed by atoms with van der Waals surface area (Å²) in [6.45, 7) is 1.97. The van der Waals surface area contributed by atoms with Crippen molar-refractivity contribution in [3.05, 3.63) is 64.7 Å². The Morgan fingerprint density at radius 1 is 1.24 bits per heavy atom. The van der Waals surface area contributed by atoms with Crippen molar-refractivity contribution in [1.82, 2.24) is 14.8 Å². The van der Waals surface area contributed by atoms with Crippen LogP contribution in [0.4, 0.5) is 5.69 Å². The molecule has 0 unspecified atom stereocenters. The molecule has 1 aromatic heterocycles. The second kappa shape index (κ2) is 8.93. The number of aliphatic hydroxyl groups is 1. The summed E-state index contributed by atoms with van der Waals surface area (Å²) in [6.07, 6.45) is 0.587. The third-order valence-corrected chi connectivity index (χ3v) is 4.74. The van der Waals surface area contributed by atoms with Crippen LogP contribution in [-0.4, -0.2) is 40.0 Å². The number of hydrogen-bond acceptors (Lipinski definition) is 6. The first-order valence-electron chi connectivity index (χ1n) is 8.78. The molecule has 0 spiro atoms. The molecule has 1 atom stereocenters. The van der Waals surface area contributed by atoms with E-state index in [0.717, 1.165) is 5.56 Å². The Kier molecular flexibility index (Phi) is 6.36. The highest BCUT2D eigenvalue weighted by atomic mass is 35.5. The summed E-state index contributed by atoms with van der Waals surface area (Å²) < 4.78 is 11.8. The van der Waals surface area contributed by atoms with E-state index in [1.807, 2.05) is 6.92 Å². The fourth-order valence-corrected chi connectivity index (χ4v) is 2.86. The Hall–Kier alpha value is -3.10. The lowest BCUT2D eigenvalue weighted by Crippen LogP contribution is -2.16. The first-order valence-corrected chi connectivity index (χ1v) is 9.16. The molecule has 29 heavy (non-hydrogen) atoms. The summed E-state index contributed by atoms with van der Waals surface area (Å²) in [5.41, 5.74) is 1.96. The summed E-state index contributed by atoms with van der Waals surface area (Å²) >= 11 is 6.09. The molecular weight excluding hydrogens is 396 g/mol. The molecule has 0 saturated heterocycles. The van der Waals surface area contributed by atoms with Crippen LogP contribution in [0.1, 0.15) is 27.8 Å². The van der Waals surface area contributed by atoms with Crippen LogP contribution >= 0.6 is 11.6 Å². The summed E-state index contributed by atoms with van der Waals surface area (Å²) in [5, 5.41) is 17.8. The fourth-order valence-electron chi connectivity index (χ4n) is 2.70. The van der Waals surface area contributed by atoms with Crippen LogP contribution in [0.2, 0.25) is 5.02 Å². The topological polar surface area (TPSA) is 98.5 Å². The molecule has 0 radical (unpaired) electrons. The lowest BCUT2D eigenvalue weighted by molar-refractivity contribution is 0.101. The molecule has 0 bridgehead atoms. The van der Waals surface area contributed by atoms with Crippen LogP contribution in [0.5, 0.6) is 11.5 Å². The number of carbonyl (C=O) groups excluding carboxylic acids is 1. The van der Waals surface area contributed by atoms with E-state index in [0.29, 0.717) is 27.8 Å². The number of ether oxygens (including phenoxy) is 2. The number of methoxy groups -OCH3 is 2. The van der Waals surface area contributed by atoms with Crippen molar-refractivity contribution in [2.24, 2.45) is 0 Å². The number of aromatic nitrogens is 3. The van der Waals surface area contributed by atoms with Crippen LogP contribution in [0, 0.1) is 6.92 Å². The number of rotatable bonds is 7. The third kappa shape index (κ3) is 4.85. The second-order valence-corrected chi connectivity index (χ2v) is 6.74. The van der Waals surface area contributed by atoms with E-state index >= 15 is 0 Å². The Bertz CT molecular complexity index is 1000. The molecule has 0 aliphatic heterocycles. The quantitative estimate of drug-likeness (QED) is 0.613. The largest absolute Gasteiger partial charge is 0.497 e. The Balaban J connectivity index is 1.69. The van der Waals surface area contributed by atoms with E-state index in [4.69, 9.17) is 21.1 Å². The molecule has 0 aliphatic carbocycles. The van der Waals surface area contributed by atoms with Crippen LogP contribution in [0.3, 0.4) is 0 Å². The van der Waals surface area contributed by atoms with Gasteiger partial charge in [0.1, 0.15) is 17.8 Å². The predicted molar refractivity (Wildman–Crippen MR) is 109 cm³/mol. The van der Waals surface area contributed by atoms with E-state index < -0.39 is 12.0 Å². The average molecular weight is 417 g/mol. The molecule has 0 aliphatic rings. The van der Waals surface area contributed by atoms with E-state index in [9.17, 15) is 9.90 Å². The van der Waals surface area contributed by atoms with Gasteiger partial charge in [-0.1, -0.05) is 23.7 Å². The highest BCUT2D eigenvalue weighted by Crippen LogP contribution is 2.31. The number of aryl methyl sites for hydroxylation is 1. The minimum Gasteiger partial charge on any atom is -0.497 e. The maximum atomic E-state index is 12.5. The lowest BCUT2D eigenvalue weighted by Gasteiger charge is -2.12. The van der Waals surface area contributed by atoms with Crippen LogP contribution in [0.25, 0.3) is 0 Å². The molecule has 1 amide bonds. The Morgan fingerprint density at radius 2 is 1.97 bits per heavy atom. The zero-order chi connectivity index (χ0) is 21.0. The van der Waals surface area contributed by atoms with Gasteiger partial charge in [-0.3, -0.25) is 4.79 Å². The molecule has 2 aromatic carbocycles. The lowest BCUT2D eigenvalue weighted by atomic mass is 10.1. The smallest absolute Gasteiger partial charge is 0.295 e. The van der Waals surface area contributed by atoms with E-state index in [1.165, 1.54) is 18.1 Å². The number of nitrogens with zero attached hydrogens (tertiary/aromatic N) is 3. The standard InChI is InChI=1S/C20H21ClN4O4/c1-12-8-16(18(29-3)9-15(12)21)23-20(27)19-22-11-25(24-19)10-17(26)13-4-6-14(28-2)7-5-13/h4-9,11,17,26H,10H2,1-3H3,(H,23,27)/t17-/m0/s1. The summed E-state index contributed by atoms with van der Waals surface area (Å²) in [7, 11) is 3.07. The number of carbonyl (C=O) groups is 1. The van der Waals surface area contributed by atoms with Crippen LogP contribution in [0.15, 0.2) is 42.7 Å². The van der Waals surface area contributed by atoms with Crippen molar-refractivity contribution in [1.29, 1.82) is 0 Å². The number of amides is 1. The second-order valence-electron chi connectivity index (χ2n) is 6.33. The van der Waals surface area contributed by atoms with Crippen molar-refractivity contribution in [3.8, 4) is 11.5 Å². The normalized spacial score (nSPS) is 11.8. The van der Waals surface area contributed by atoms with Crippen molar-refractivity contribution in [2.75, 3.05) is 19.5 Å². The van der Waals surface area contributed by atoms with Crippen LogP contribution < -0.4 is 14.8 Å². The van der Waals surface area contributed by atoms with Crippen molar-refractivity contribution in [2.45, 2.75) is 19.6 Å². The van der Waals surface area contributed by atoms with Crippen LogP contribution in [-0.2, 0) is 6.54 Å². The van der Waals surface area contributed by atoms with Gasteiger partial charge in [-0.05, 0) is 36.2 Å². The molecule has 0 saturated carbocycles. The van der Waals surface area contributed by atoms with E-state index in [-0.39, 0.29) is 12.4 Å². The minimum absolute atomic E-state index is 0.0263. The summed E-state index contributed by atoms with van der Waals surface area (Å²) in [4.78, 5) is 16.5. The predicted octanol–water partition coefficient (Wildman–Crippen LogP) is 3.24. The molecule has 9 heteroatoms. The molecule has 1 heterocycles. The third-order valence-electron chi connectivity index (χ3n) is 4.33. The minimum atomic E-state index is -0.808. The Labute approximate surface area is 173 Å². The maximum Gasteiger partial charge on any atom is 0.295 e. The molecular formula is C20H21ClN4O4. The molecule has 3 aromatic rings. The zero-order valence-corrected chi connectivity index (χ0v) is 17.0. The number of aliphatic hydroxyl groups excluding tert-OH is 1. The van der Waals surface area contributed by atoms with Gasteiger partial charge in [0.2, 0.25) is 5.82 Å². The van der Waals surface area contributed by atoms with Gasteiger partial charge in [0.05, 0.1) is 32.6 Å². The Morgan fingerprint density at radius 3 is 2.62 bits per heavy atom. The number of nitrogens with one attached hydrogen (secondary N) is 1. The maximum absolute atomic E-state index is 12.5. The molecule has 3 rings (SSSR count). The monoisotopic (exact) mass is 416 g/mol. The van der Waals surface area contributed by atoms with Crippen molar-refractivity contribution < 1.29 is 19.4 Å². The first-order chi connectivity index (χ1) is 13.9. The highest BCUT2D eigenvalue weighted by molar-refractivity contribution is 6.31. The van der Waals surface area contributed by atoms with Crippen molar-refractivity contribution in [3.63, 3.8) is 0 Å². The van der Waals surface area contributed by atoms with E-state index in [1.54, 1.807) is 43.5 Å². The molecule has 2 N–H and O–H groups in total. The number of halogens is 1. The van der Waals surface area contributed by atoms with Gasteiger partial charge in [-0.2, -0.15) is 0 Å². The molecule has 0 fully saturated rings. The summed E-state index contributed by atoms with van der Waals surface area (Å²) in [5.74, 6) is 0.612. The van der Waals surface area contributed by atoms with Gasteiger partial charge in [0.25, 0.3) is 5.91 Å². The molecule has 8 nitrogen and oxygen atoms in total. The van der Waals surface area contributed by atoms with Gasteiger partial charge in [0, 0.05) is 11.1 Å². The zero-order valence-electron chi connectivity index (χ0n) is 16.2.